The predicted molar refractivity (Wildman–Crippen MR) is 408 cm³/mol. The fourth-order valence-electron chi connectivity index (χ4n) is 9.71. The molecule has 0 fully saturated rings. The number of aliphatic hydroxyl groups is 2. The molecule has 0 aliphatic heterocycles. The topological polar surface area (TPSA) is 231 Å². The van der Waals surface area contributed by atoms with Crippen LogP contribution in [0.2, 0.25) is 0 Å². The molecule has 0 amide bonds. The number of phosphoric acid groups is 2. The summed E-state index contributed by atoms with van der Waals surface area (Å²) in [5, 5.41) is 20.6. The SMILES string of the molecule is CC/C=C\C/C=C\C/C=C\C/C=C\C/C=C\C/C=C\CCCCCCC(=O)OCC(COP(=O)(O)OCC(O)COP(=O)(O)OCC(O)COC(=O)CCCCCCCCCCCCC/C=C\C/C=C\C/C=C\C/C=C\CCCCC)OC(=O)CCCCCCC/C=C\C/C=C\CCC. The van der Waals surface area contributed by atoms with Crippen LogP contribution >= 0.6 is 15.6 Å². The third-order valence-electron chi connectivity index (χ3n) is 15.5. The first-order chi connectivity index (χ1) is 48.2. The van der Waals surface area contributed by atoms with Gasteiger partial charge in [-0.1, -0.05) is 276 Å². The molecule has 0 aliphatic carbocycles. The Hall–Kier alpha value is -4.57. The first kappa shape index (κ1) is 94.4. The molecule has 0 radical (unpaired) electrons. The molecule has 0 heterocycles. The maximum atomic E-state index is 12.9. The molecule has 16 nitrogen and oxygen atoms in total. The Labute approximate surface area is 600 Å². The molecule has 0 spiro atoms. The maximum absolute atomic E-state index is 12.9. The quantitative estimate of drug-likeness (QED) is 0.0146. The highest BCUT2D eigenvalue weighted by molar-refractivity contribution is 7.47. The summed E-state index contributed by atoms with van der Waals surface area (Å²) in [6.07, 6.45) is 89.0. The van der Waals surface area contributed by atoms with E-state index in [0.717, 1.165) is 161 Å². The largest absolute Gasteiger partial charge is 0.472 e. The van der Waals surface area contributed by atoms with Crippen LogP contribution in [-0.2, 0) is 55.8 Å². The Kier molecular flexibility index (Phi) is 69.8. The van der Waals surface area contributed by atoms with E-state index >= 15 is 0 Å². The Morgan fingerprint density at radius 2 is 0.556 bits per heavy atom. The van der Waals surface area contributed by atoms with Crippen molar-refractivity contribution in [1.82, 2.24) is 0 Å². The summed E-state index contributed by atoms with van der Waals surface area (Å²) in [6.45, 7) is 2.41. The lowest BCUT2D eigenvalue weighted by molar-refractivity contribution is -0.161. The molecule has 0 saturated carbocycles. The Bertz CT molecular complexity index is 2380. The zero-order valence-corrected chi connectivity index (χ0v) is 63.4. The molecule has 0 aliphatic rings. The summed E-state index contributed by atoms with van der Waals surface area (Å²) >= 11 is 0. The number of carbonyl (C=O) groups excluding carboxylic acids is 3. The van der Waals surface area contributed by atoms with Crippen molar-refractivity contribution in [2.45, 2.75) is 309 Å². The minimum absolute atomic E-state index is 0.0776. The van der Waals surface area contributed by atoms with Crippen molar-refractivity contribution in [3.05, 3.63) is 146 Å². The van der Waals surface area contributed by atoms with Gasteiger partial charge in [0.15, 0.2) is 6.10 Å². The van der Waals surface area contributed by atoms with E-state index in [1.54, 1.807) is 0 Å². The van der Waals surface area contributed by atoms with E-state index in [1.165, 1.54) is 70.6 Å². The number of ether oxygens (including phenoxy) is 3. The number of aliphatic hydroxyl groups excluding tert-OH is 2. The van der Waals surface area contributed by atoms with Gasteiger partial charge < -0.3 is 34.2 Å². The molecular formula is C81H136O16P2. The molecule has 0 saturated heterocycles. The van der Waals surface area contributed by atoms with E-state index in [4.69, 9.17) is 32.3 Å². The molecule has 0 aromatic rings. The van der Waals surface area contributed by atoms with Crippen molar-refractivity contribution in [2.24, 2.45) is 0 Å². The van der Waals surface area contributed by atoms with Gasteiger partial charge in [-0.25, -0.2) is 9.13 Å². The third-order valence-corrected chi connectivity index (χ3v) is 17.4. The number of rotatable bonds is 71. The normalized spacial score (nSPS) is 14.9. The summed E-state index contributed by atoms with van der Waals surface area (Å²) in [5.74, 6) is -1.63. The van der Waals surface area contributed by atoms with Crippen molar-refractivity contribution in [1.29, 1.82) is 0 Å². The Morgan fingerprint density at radius 1 is 0.293 bits per heavy atom. The molecule has 99 heavy (non-hydrogen) atoms. The zero-order chi connectivity index (χ0) is 72.3. The van der Waals surface area contributed by atoms with Gasteiger partial charge in [0.2, 0.25) is 0 Å². The number of hydrogen-bond donors (Lipinski definition) is 4. The molecule has 18 heteroatoms. The van der Waals surface area contributed by atoms with Gasteiger partial charge in [0.05, 0.1) is 26.4 Å². The number of phosphoric ester groups is 2. The minimum atomic E-state index is -4.94. The first-order valence-corrected chi connectivity index (χ1v) is 41.1. The van der Waals surface area contributed by atoms with Crippen LogP contribution < -0.4 is 0 Å². The van der Waals surface area contributed by atoms with Crippen LogP contribution in [0.1, 0.15) is 290 Å². The van der Waals surface area contributed by atoms with Crippen molar-refractivity contribution in [3.63, 3.8) is 0 Å². The average Bonchev–Trinajstić information content (AvgIpc) is 1.02. The van der Waals surface area contributed by atoms with Crippen LogP contribution in [0.4, 0.5) is 0 Å². The van der Waals surface area contributed by atoms with E-state index in [0.29, 0.717) is 19.3 Å². The number of carbonyl (C=O) groups is 3. The van der Waals surface area contributed by atoms with Crippen LogP contribution in [0.3, 0.4) is 0 Å². The molecule has 0 aromatic carbocycles. The van der Waals surface area contributed by atoms with Crippen molar-refractivity contribution in [2.75, 3.05) is 39.6 Å². The predicted octanol–water partition coefficient (Wildman–Crippen LogP) is 22.1. The van der Waals surface area contributed by atoms with Crippen LogP contribution in [0.5, 0.6) is 0 Å². The first-order valence-electron chi connectivity index (χ1n) is 38.1. The molecular weight excluding hydrogens is 1290 g/mol. The molecule has 566 valence electrons. The second-order valence-corrected chi connectivity index (χ2v) is 28.0. The number of esters is 3. The van der Waals surface area contributed by atoms with E-state index in [9.17, 15) is 43.5 Å². The highest BCUT2D eigenvalue weighted by Gasteiger charge is 2.29. The van der Waals surface area contributed by atoms with Gasteiger partial charge in [-0.05, 0) is 141 Å². The van der Waals surface area contributed by atoms with Gasteiger partial charge in [0, 0.05) is 19.3 Å². The van der Waals surface area contributed by atoms with Crippen molar-refractivity contribution < 1.29 is 75.8 Å². The van der Waals surface area contributed by atoms with Crippen LogP contribution in [-0.4, -0.2) is 95.9 Å². The fraction of sp³-hybridized carbons (Fsp3) is 0.667. The Balaban J connectivity index is 4.58. The molecule has 5 atom stereocenters. The highest BCUT2D eigenvalue weighted by Crippen LogP contribution is 2.45. The molecule has 4 N–H and O–H groups in total. The third kappa shape index (κ3) is 74.4. The maximum Gasteiger partial charge on any atom is 0.472 e. The van der Waals surface area contributed by atoms with E-state index < -0.39 is 91.5 Å². The summed E-state index contributed by atoms with van der Waals surface area (Å²) < 4.78 is 61.0. The van der Waals surface area contributed by atoms with Crippen molar-refractivity contribution in [3.8, 4) is 0 Å². The van der Waals surface area contributed by atoms with Gasteiger partial charge in [0.1, 0.15) is 25.4 Å². The van der Waals surface area contributed by atoms with E-state index in [2.05, 4.69) is 167 Å². The smallest absolute Gasteiger partial charge is 0.463 e. The van der Waals surface area contributed by atoms with Crippen LogP contribution in [0.25, 0.3) is 0 Å². The monoisotopic (exact) mass is 1430 g/mol. The number of unbranched alkanes of at least 4 members (excludes halogenated alkanes) is 24. The number of allylic oxidation sites excluding steroid dienone is 24. The summed E-state index contributed by atoms with van der Waals surface area (Å²) in [7, 11) is -9.80. The summed E-state index contributed by atoms with van der Waals surface area (Å²) in [5.41, 5.74) is 0. The summed E-state index contributed by atoms with van der Waals surface area (Å²) in [4.78, 5) is 58.5. The van der Waals surface area contributed by atoms with Gasteiger partial charge in [-0.15, -0.1) is 0 Å². The van der Waals surface area contributed by atoms with Gasteiger partial charge in [-0.3, -0.25) is 32.5 Å². The van der Waals surface area contributed by atoms with Gasteiger partial charge in [-0.2, -0.15) is 0 Å². The fourth-order valence-corrected chi connectivity index (χ4v) is 11.3. The minimum Gasteiger partial charge on any atom is -0.463 e. The highest BCUT2D eigenvalue weighted by atomic mass is 31.2. The second kappa shape index (κ2) is 73.2. The van der Waals surface area contributed by atoms with E-state index in [-0.39, 0.29) is 19.3 Å². The van der Waals surface area contributed by atoms with Crippen molar-refractivity contribution >= 4 is 33.6 Å². The van der Waals surface area contributed by atoms with Gasteiger partial charge in [0.25, 0.3) is 0 Å². The lowest BCUT2D eigenvalue weighted by Crippen LogP contribution is -2.30. The molecule has 0 rings (SSSR count). The molecule has 5 unspecified atom stereocenters. The lowest BCUT2D eigenvalue weighted by atomic mass is 10.0. The molecule has 0 aromatic heterocycles. The summed E-state index contributed by atoms with van der Waals surface area (Å²) in [6, 6.07) is 0. The number of hydrogen-bond acceptors (Lipinski definition) is 14. The second-order valence-electron chi connectivity index (χ2n) is 25.1. The standard InChI is InChI=1S/C81H136O16P2/c1-4-7-10-13-16-19-22-25-27-29-31-33-35-36-37-38-40-42-43-45-47-50-52-55-58-61-64-67-79(84)91-70-76(82)71-93-98(87,88)94-72-77(83)73-95-99(89,90)96-75-78(97-81(86)69-66-63-60-57-54-49-24-21-18-15-12-9-6-3)74-92-80(85)68-65-62-59-56-53-51-48-46-44-41-39-34-32-30-28-26-23-20-17-14-11-8-5-2/h8,11-12,15-17,19-21,24-28,31-34,36-37,41,44,48,51,76-78,82-83H,4-7,9-10,13-14,18,22-23,29-30,35,38-40,42-43,45-47,49-50,52-75H2,1-3H3,(H,87,88)(H,89,90)/b11-8-,15-12-,19-16-,20-17-,24-21-,27-25-,28-26-,33-31-,34-32-,37-36-,44-41-,51-48-. The van der Waals surface area contributed by atoms with E-state index in [1.807, 2.05) is 0 Å². The lowest BCUT2D eigenvalue weighted by Gasteiger charge is -2.21. The zero-order valence-electron chi connectivity index (χ0n) is 61.6. The molecule has 0 bridgehead atoms. The van der Waals surface area contributed by atoms with Crippen LogP contribution in [0, 0.1) is 0 Å². The van der Waals surface area contributed by atoms with Gasteiger partial charge >= 0.3 is 33.6 Å². The average molecular weight is 1430 g/mol. The van der Waals surface area contributed by atoms with Crippen LogP contribution in [0.15, 0.2) is 146 Å². The Morgan fingerprint density at radius 3 is 0.889 bits per heavy atom.